The Morgan fingerprint density at radius 2 is 0.577 bits per heavy atom. The van der Waals surface area contributed by atoms with Gasteiger partial charge in [0.25, 0.3) is 0 Å². The first-order chi connectivity index (χ1) is 10.8. The summed E-state index contributed by atoms with van der Waals surface area (Å²) in [5.41, 5.74) is 0. The molecule has 0 saturated carbocycles. The number of rotatable bonds is 7. The molecule has 0 heterocycles. The largest absolute Gasteiger partial charge is 0.388 e. The number of alkyl halides is 18. The first-order valence-electron chi connectivity index (χ1n) is 5.15. The summed E-state index contributed by atoms with van der Waals surface area (Å²) in [6.07, 6.45) is 0. The molecule has 18 heteroatoms. The van der Waals surface area contributed by atoms with Gasteiger partial charge >= 0.3 is 44.3 Å². The molecular formula is C8BrF16I. The van der Waals surface area contributed by atoms with Gasteiger partial charge in [-0.05, 0) is 15.9 Å². The zero-order chi connectivity index (χ0) is 22.0. The van der Waals surface area contributed by atoms with Gasteiger partial charge in [0.2, 0.25) is 0 Å². The quantitative estimate of drug-likeness (QED) is 0.170. The molecular weight excluding hydrogens is 607 g/mol. The van der Waals surface area contributed by atoms with Crippen molar-refractivity contribution in [3.63, 3.8) is 0 Å². The molecule has 26 heavy (non-hydrogen) atoms. The van der Waals surface area contributed by atoms with Crippen molar-refractivity contribution in [1.82, 2.24) is 0 Å². The van der Waals surface area contributed by atoms with Crippen LogP contribution in [0.2, 0.25) is 0 Å². The molecule has 158 valence electrons. The van der Waals surface area contributed by atoms with Crippen LogP contribution in [0.15, 0.2) is 0 Å². The predicted molar refractivity (Wildman–Crippen MR) is 62.5 cm³/mol. The third-order valence-electron chi connectivity index (χ3n) is 2.68. The lowest BCUT2D eigenvalue weighted by Crippen LogP contribution is -2.73. The van der Waals surface area contributed by atoms with Crippen molar-refractivity contribution in [2.75, 3.05) is 0 Å². The second kappa shape index (κ2) is 6.30. The van der Waals surface area contributed by atoms with Gasteiger partial charge in [-0.1, -0.05) is 0 Å². The van der Waals surface area contributed by atoms with Crippen molar-refractivity contribution in [1.29, 1.82) is 0 Å². The van der Waals surface area contributed by atoms with Gasteiger partial charge in [0.1, 0.15) is 0 Å². The van der Waals surface area contributed by atoms with Gasteiger partial charge in [0.15, 0.2) is 0 Å². The van der Waals surface area contributed by atoms with Crippen LogP contribution in [0.4, 0.5) is 70.2 Å². The highest BCUT2D eigenvalue weighted by molar-refractivity contribution is 14.1. The Bertz CT molecular complexity index is 479. The van der Waals surface area contributed by atoms with Crippen molar-refractivity contribution < 1.29 is 70.2 Å². The Hall–Kier alpha value is 0.0900. The van der Waals surface area contributed by atoms with E-state index in [1.165, 1.54) is 0 Å². The molecule has 0 nitrogen and oxygen atoms in total. The standard InChI is InChI=1S/C8BrF16I/c9-7(22,23)5(18,19)3(14,15)1(10,11)2(12,13)4(16,17)6(20,21)8(24,25)26. The fourth-order valence-corrected chi connectivity index (χ4v) is 1.73. The minimum absolute atomic E-state index is 0.418. The van der Waals surface area contributed by atoms with Crippen molar-refractivity contribution in [3.8, 4) is 0 Å². The van der Waals surface area contributed by atoms with E-state index in [0.29, 0.717) is 15.9 Å². The molecule has 0 aromatic carbocycles. The lowest BCUT2D eigenvalue weighted by atomic mass is 9.91. The summed E-state index contributed by atoms with van der Waals surface area (Å²) < 4.78 is 198. The van der Waals surface area contributed by atoms with Gasteiger partial charge < -0.3 is 0 Å². The summed E-state index contributed by atoms with van der Waals surface area (Å²) in [5.74, 6) is -47.9. The van der Waals surface area contributed by atoms with Crippen LogP contribution < -0.4 is 0 Å². The lowest BCUT2D eigenvalue weighted by molar-refractivity contribution is -0.441. The third kappa shape index (κ3) is 3.23. The summed E-state index contributed by atoms with van der Waals surface area (Å²) >= 11 is -0.524. The van der Waals surface area contributed by atoms with Crippen LogP contribution in [0.25, 0.3) is 0 Å². The van der Waals surface area contributed by atoms with Gasteiger partial charge in [-0.3, -0.25) is 0 Å². The minimum Gasteiger partial charge on any atom is -0.192 e. The summed E-state index contributed by atoms with van der Waals surface area (Å²) in [6, 6.07) is 0. The molecule has 0 aliphatic carbocycles. The Balaban J connectivity index is 6.61. The fraction of sp³-hybridized carbons (Fsp3) is 1.00. The maximum atomic E-state index is 13.0. The Kier molecular flexibility index (Phi) is 6.32. The van der Waals surface area contributed by atoms with Crippen LogP contribution in [0.5, 0.6) is 0 Å². The second-order valence-corrected chi connectivity index (χ2v) is 6.79. The van der Waals surface area contributed by atoms with E-state index in [2.05, 4.69) is 0 Å². The molecule has 0 aliphatic heterocycles. The molecule has 0 unspecified atom stereocenters. The first-order valence-corrected chi connectivity index (χ1v) is 7.02. The molecule has 0 atom stereocenters. The maximum absolute atomic E-state index is 13.0. The van der Waals surface area contributed by atoms with E-state index >= 15 is 0 Å². The van der Waals surface area contributed by atoms with Gasteiger partial charge in [-0.25, -0.2) is 0 Å². The van der Waals surface area contributed by atoms with Gasteiger partial charge in [0.05, 0.1) is 0 Å². The molecule has 0 aliphatic rings. The van der Waals surface area contributed by atoms with Crippen LogP contribution in [0.3, 0.4) is 0 Å². The van der Waals surface area contributed by atoms with E-state index in [1.54, 1.807) is 0 Å². The number of halogens is 18. The third-order valence-corrected chi connectivity index (χ3v) is 3.86. The lowest BCUT2D eigenvalue weighted by Gasteiger charge is -2.42. The van der Waals surface area contributed by atoms with Crippen LogP contribution >= 0.6 is 38.5 Å². The van der Waals surface area contributed by atoms with E-state index in [9.17, 15) is 70.2 Å². The normalized spacial score (nSPS) is 16.8. The zero-order valence-corrected chi connectivity index (χ0v) is 14.5. The van der Waals surface area contributed by atoms with Crippen molar-refractivity contribution >= 4 is 38.5 Å². The summed E-state index contributed by atoms with van der Waals surface area (Å²) in [7, 11) is 0. The topological polar surface area (TPSA) is 0 Å². The zero-order valence-electron chi connectivity index (χ0n) is 10.8. The van der Waals surface area contributed by atoms with Crippen molar-refractivity contribution in [2.45, 2.75) is 44.3 Å². The molecule has 0 fully saturated rings. The number of hydrogen-bond acceptors (Lipinski definition) is 0. The minimum atomic E-state index is -8.35. The summed E-state index contributed by atoms with van der Waals surface area (Å²) in [5, 5.41) is 0. The van der Waals surface area contributed by atoms with E-state index in [1.807, 2.05) is 0 Å². The van der Waals surface area contributed by atoms with Crippen molar-refractivity contribution in [2.24, 2.45) is 0 Å². The Morgan fingerprint density at radius 1 is 0.385 bits per heavy atom. The maximum Gasteiger partial charge on any atom is 0.388 e. The van der Waals surface area contributed by atoms with E-state index < -0.39 is 66.9 Å². The molecule has 0 bridgehead atoms. The monoisotopic (exact) mass is 606 g/mol. The molecule has 0 radical (unpaired) electrons. The highest BCUT2D eigenvalue weighted by Gasteiger charge is 2.94. The van der Waals surface area contributed by atoms with Crippen LogP contribution in [0.1, 0.15) is 0 Å². The summed E-state index contributed by atoms with van der Waals surface area (Å²) in [4.78, 5) is -6.42. The van der Waals surface area contributed by atoms with E-state index in [-0.39, 0.29) is 0 Å². The Morgan fingerprint density at radius 3 is 0.769 bits per heavy atom. The average molecular weight is 607 g/mol. The molecule has 0 saturated heterocycles. The van der Waals surface area contributed by atoms with Crippen LogP contribution in [-0.4, -0.2) is 44.3 Å². The smallest absolute Gasteiger partial charge is 0.192 e. The van der Waals surface area contributed by atoms with Crippen LogP contribution in [-0.2, 0) is 0 Å². The van der Waals surface area contributed by atoms with Gasteiger partial charge in [-0.2, -0.15) is 70.2 Å². The van der Waals surface area contributed by atoms with Crippen molar-refractivity contribution in [3.05, 3.63) is 0 Å². The number of hydrogen-bond donors (Lipinski definition) is 0. The predicted octanol–water partition coefficient (Wildman–Crippen LogP) is 6.81. The second-order valence-electron chi connectivity index (χ2n) is 4.44. The van der Waals surface area contributed by atoms with Crippen LogP contribution in [0, 0.1) is 0 Å². The van der Waals surface area contributed by atoms with E-state index in [0.717, 1.165) is 0 Å². The van der Waals surface area contributed by atoms with Gasteiger partial charge in [-0.15, -0.1) is 0 Å². The Labute approximate surface area is 153 Å². The first kappa shape index (κ1) is 26.1. The average Bonchev–Trinajstić information content (AvgIpc) is 2.34. The molecule has 0 amide bonds. The highest BCUT2D eigenvalue weighted by Crippen LogP contribution is 2.64. The van der Waals surface area contributed by atoms with E-state index in [4.69, 9.17) is 0 Å². The highest BCUT2D eigenvalue weighted by atomic mass is 127. The molecule has 0 spiro atoms. The molecule has 0 N–H and O–H groups in total. The molecule has 0 aromatic rings. The molecule has 0 rings (SSSR count). The molecule has 0 aromatic heterocycles. The van der Waals surface area contributed by atoms with Gasteiger partial charge in [0, 0.05) is 22.6 Å². The summed E-state index contributed by atoms with van der Waals surface area (Å²) in [6.45, 7) is 0. The fourth-order valence-electron chi connectivity index (χ4n) is 1.14. The SMILES string of the molecule is FC(F)(Br)C(F)(F)C(F)(F)C(F)(F)C(F)(F)C(F)(F)C(F)(F)C(F)(F)I.